The molecule has 0 bridgehead atoms. The second-order valence-corrected chi connectivity index (χ2v) is 7.94. The zero-order valence-electron chi connectivity index (χ0n) is 13.5. The Labute approximate surface area is 155 Å². The van der Waals surface area contributed by atoms with Crippen LogP contribution in [-0.4, -0.2) is 25.8 Å². The molecule has 4 nitrogen and oxygen atoms in total. The van der Waals surface area contributed by atoms with Crippen LogP contribution in [-0.2, 0) is 4.74 Å². The fraction of sp³-hybridized carbons (Fsp3) is 0.353. The van der Waals surface area contributed by atoms with Crippen molar-refractivity contribution in [1.29, 1.82) is 0 Å². The minimum absolute atomic E-state index is 0.385. The number of carbonyl (C=O) groups is 1. The summed E-state index contributed by atoms with van der Waals surface area (Å²) in [6.07, 6.45) is -1.86. The molecule has 2 N–H and O–H groups in total. The van der Waals surface area contributed by atoms with Crippen LogP contribution in [0.15, 0.2) is 42.5 Å². The molecule has 2 aromatic rings. The summed E-state index contributed by atoms with van der Waals surface area (Å²) in [6.45, 7) is 4.52. The van der Waals surface area contributed by atoms with Crippen LogP contribution in [0.4, 0.5) is 4.79 Å². The number of halogens is 3. The normalized spacial score (nSPS) is 13.0. The van der Waals surface area contributed by atoms with Crippen molar-refractivity contribution >= 4 is 51.7 Å². The Morgan fingerprint density at radius 3 is 2.04 bits per heavy atom. The van der Waals surface area contributed by atoms with E-state index < -0.39 is 15.5 Å². The van der Waals surface area contributed by atoms with E-state index in [1.165, 1.54) is 24.6 Å². The average molecular weight is 394 g/mol. The lowest BCUT2D eigenvalue weighted by atomic mass is 10.0. The standard InChI is InChI=1S/C12H12O.C5H7Cl3O3/c1-9(13)11-7-6-10-4-2-3-5-12(10)8-11;1-4(2,5(6,7)8)11-3(9)10/h2-9,13H,1H3;1-2H3,(H,9,10). The van der Waals surface area contributed by atoms with Gasteiger partial charge < -0.3 is 14.9 Å². The summed E-state index contributed by atoms with van der Waals surface area (Å²) in [5, 5.41) is 20.0. The van der Waals surface area contributed by atoms with Crippen molar-refractivity contribution in [2.75, 3.05) is 0 Å². The molecule has 0 aliphatic rings. The topological polar surface area (TPSA) is 66.8 Å². The molecule has 0 saturated heterocycles. The van der Waals surface area contributed by atoms with Crippen LogP contribution in [0.25, 0.3) is 10.8 Å². The summed E-state index contributed by atoms with van der Waals surface area (Å²) in [7, 11) is 0. The van der Waals surface area contributed by atoms with Gasteiger partial charge in [0.1, 0.15) is 0 Å². The number of rotatable bonds is 2. The largest absolute Gasteiger partial charge is 0.506 e. The first kappa shape index (κ1) is 20.8. The fourth-order valence-corrected chi connectivity index (χ4v) is 1.86. The molecule has 0 aliphatic carbocycles. The van der Waals surface area contributed by atoms with Crippen LogP contribution in [0, 0.1) is 0 Å². The zero-order valence-corrected chi connectivity index (χ0v) is 15.7. The molecule has 0 heterocycles. The van der Waals surface area contributed by atoms with E-state index in [9.17, 15) is 9.90 Å². The zero-order chi connectivity index (χ0) is 18.5. The molecule has 0 amide bonds. The van der Waals surface area contributed by atoms with Gasteiger partial charge in [0.15, 0.2) is 5.60 Å². The Balaban J connectivity index is 0.000000245. The second-order valence-electron chi connectivity index (χ2n) is 5.66. The highest BCUT2D eigenvalue weighted by Crippen LogP contribution is 2.40. The summed E-state index contributed by atoms with van der Waals surface area (Å²) in [5.41, 5.74) is -0.373. The van der Waals surface area contributed by atoms with Crippen LogP contribution in [0.2, 0.25) is 0 Å². The van der Waals surface area contributed by atoms with Gasteiger partial charge in [-0.25, -0.2) is 4.79 Å². The molecule has 0 spiro atoms. The molecule has 24 heavy (non-hydrogen) atoms. The van der Waals surface area contributed by atoms with Crippen molar-refractivity contribution < 1.29 is 19.7 Å². The molecular weight excluding hydrogens is 375 g/mol. The molecular formula is C17H19Cl3O4. The number of hydrogen-bond acceptors (Lipinski definition) is 3. The van der Waals surface area contributed by atoms with Crippen LogP contribution >= 0.6 is 34.8 Å². The third-order valence-electron chi connectivity index (χ3n) is 3.28. The van der Waals surface area contributed by atoms with Crippen molar-refractivity contribution in [3.63, 3.8) is 0 Å². The Morgan fingerprint density at radius 2 is 1.62 bits per heavy atom. The van der Waals surface area contributed by atoms with Crippen molar-refractivity contribution in [3.8, 4) is 0 Å². The highest BCUT2D eigenvalue weighted by atomic mass is 35.6. The van der Waals surface area contributed by atoms with Crippen molar-refractivity contribution in [2.45, 2.75) is 36.3 Å². The molecule has 1 unspecified atom stereocenters. The van der Waals surface area contributed by atoms with Gasteiger partial charge in [-0.15, -0.1) is 0 Å². The van der Waals surface area contributed by atoms with E-state index in [0.29, 0.717) is 0 Å². The molecule has 0 radical (unpaired) electrons. The van der Waals surface area contributed by atoms with Gasteiger partial charge in [0, 0.05) is 0 Å². The monoisotopic (exact) mass is 392 g/mol. The SMILES string of the molecule is CC(C)(OC(=O)O)C(Cl)(Cl)Cl.CC(O)c1ccc2ccccc2c1. The van der Waals surface area contributed by atoms with Gasteiger partial charge in [0.05, 0.1) is 6.10 Å². The highest BCUT2D eigenvalue weighted by molar-refractivity contribution is 6.68. The van der Waals surface area contributed by atoms with E-state index in [1.54, 1.807) is 6.92 Å². The maximum Gasteiger partial charge on any atom is 0.506 e. The molecule has 7 heteroatoms. The number of fused-ring (bicyclic) bond motifs is 1. The molecule has 0 fully saturated rings. The summed E-state index contributed by atoms with van der Waals surface area (Å²) >= 11 is 16.2. The maximum atomic E-state index is 10.1. The minimum Gasteiger partial charge on any atom is -0.450 e. The quantitative estimate of drug-likeness (QED) is 0.505. The molecule has 0 aliphatic heterocycles. The second kappa shape index (κ2) is 8.26. The lowest BCUT2D eigenvalue weighted by Crippen LogP contribution is -2.40. The third-order valence-corrected chi connectivity index (χ3v) is 4.65. The molecule has 2 aromatic carbocycles. The van der Waals surface area contributed by atoms with E-state index in [1.807, 2.05) is 30.3 Å². The maximum absolute atomic E-state index is 10.1. The fourth-order valence-electron chi connectivity index (χ4n) is 1.74. The highest BCUT2D eigenvalue weighted by Gasteiger charge is 2.44. The number of aliphatic hydroxyl groups is 1. The van der Waals surface area contributed by atoms with Gasteiger partial charge in [-0.05, 0) is 43.2 Å². The summed E-state index contributed by atoms with van der Waals surface area (Å²) in [4.78, 5) is 10.1. The summed E-state index contributed by atoms with van der Waals surface area (Å²) in [5.74, 6) is 0. The number of ether oxygens (including phenoxy) is 1. The summed E-state index contributed by atoms with van der Waals surface area (Å²) in [6, 6.07) is 14.2. The predicted molar refractivity (Wildman–Crippen MR) is 98.1 cm³/mol. The van der Waals surface area contributed by atoms with Gasteiger partial charge in [-0.1, -0.05) is 71.2 Å². The number of aliphatic hydroxyl groups excluding tert-OH is 1. The number of hydrogen-bond donors (Lipinski definition) is 2. The smallest absolute Gasteiger partial charge is 0.450 e. The van der Waals surface area contributed by atoms with E-state index >= 15 is 0 Å². The molecule has 1 atom stereocenters. The first-order chi connectivity index (χ1) is 10.9. The number of benzene rings is 2. The Kier molecular flexibility index (Phi) is 7.17. The van der Waals surface area contributed by atoms with Crippen LogP contribution in [0.3, 0.4) is 0 Å². The third kappa shape index (κ3) is 6.02. The molecule has 2 rings (SSSR count). The van der Waals surface area contributed by atoms with E-state index in [0.717, 1.165) is 5.56 Å². The number of carboxylic acid groups (broad SMARTS) is 1. The summed E-state index contributed by atoms with van der Waals surface area (Å²) < 4.78 is 2.56. The Morgan fingerprint density at radius 1 is 1.08 bits per heavy atom. The van der Waals surface area contributed by atoms with E-state index in [-0.39, 0.29) is 6.10 Å². The van der Waals surface area contributed by atoms with Crippen molar-refractivity contribution in [2.24, 2.45) is 0 Å². The van der Waals surface area contributed by atoms with Crippen LogP contribution < -0.4 is 0 Å². The van der Waals surface area contributed by atoms with Gasteiger partial charge in [-0.3, -0.25) is 0 Å². The van der Waals surface area contributed by atoms with Gasteiger partial charge in [0.25, 0.3) is 0 Å². The van der Waals surface area contributed by atoms with E-state index in [2.05, 4.69) is 16.9 Å². The molecule has 0 aromatic heterocycles. The van der Waals surface area contributed by atoms with Gasteiger partial charge in [0.2, 0.25) is 3.79 Å². The van der Waals surface area contributed by atoms with Gasteiger partial charge >= 0.3 is 6.16 Å². The molecule has 132 valence electrons. The van der Waals surface area contributed by atoms with E-state index in [4.69, 9.17) is 39.9 Å². The van der Waals surface area contributed by atoms with Gasteiger partial charge in [-0.2, -0.15) is 0 Å². The van der Waals surface area contributed by atoms with Crippen LogP contribution in [0.5, 0.6) is 0 Å². The lowest BCUT2D eigenvalue weighted by molar-refractivity contribution is 0.00613. The Bertz CT molecular complexity index is 694. The lowest BCUT2D eigenvalue weighted by Gasteiger charge is -2.30. The first-order valence-corrected chi connectivity index (χ1v) is 8.23. The Hall–Kier alpha value is -1.20. The average Bonchev–Trinajstić information content (AvgIpc) is 2.45. The van der Waals surface area contributed by atoms with Crippen molar-refractivity contribution in [3.05, 3.63) is 48.0 Å². The number of alkyl halides is 3. The minimum atomic E-state index is -1.76. The van der Waals surface area contributed by atoms with Crippen LogP contribution in [0.1, 0.15) is 32.4 Å². The van der Waals surface area contributed by atoms with Crippen molar-refractivity contribution in [1.82, 2.24) is 0 Å². The predicted octanol–water partition coefficient (Wildman–Crippen LogP) is 5.72. The first-order valence-electron chi connectivity index (χ1n) is 7.09. The molecule has 0 saturated carbocycles.